The van der Waals surface area contributed by atoms with Gasteiger partial charge in [0, 0.05) is 37.3 Å². The molecule has 0 atom stereocenters. The van der Waals surface area contributed by atoms with Gasteiger partial charge in [-0.25, -0.2) is 0 Å². The van der Waals surface area contributed by atoms with Crippen molar-refractivity contribution < 1.29 is 60.1 Å². The van der Waals surface area contributed by atoms with Crippen molar-refractivity contribution in [1.82, 2.24) is 0 Å². The molecule has 88 valence electrons. The predicted molar refractivity (Wildman–Crippen MR) is 44.3 cm³/mol. The van der Waals surface area contributed by atoms with Crippen molar-refractivity contribution in [2.24, 2.45) is 0 Å². The van der Waals surface area contributed by atoms with Gasteiger partial charge in [-0.1, -0.05) is 6.07 Å². The third-order valence-corrected chi connectivity index (χ3v) is 2.34. The first-order valence-corrected chi connectivity index (χ1v) is 4.46. The molecule has 0 aliphatic heterocycles. The molecule has 0 saturated carbocycles. The van der Waals surface area contributed by atoms with E-state index in [0.717, 1.165) is 11.3 Å². The van der Waals surface area contributed by atoms with Crippen molar-refractivity contribution in [1.29, 1.82) is 0 Å². The summed E-state index contributed by atoms with van der Waals surface area (Å²) in [7, 11) is 0. The number of carbonyl (C=O) groups excluding carboxylic acids is 2. The fourth-order valence-corrected chi connectivity index (χ4v) is 1.43. The third kappa shape index (κ3) is 4.62. The Balaban J connectivity index is 0.00000196. The second kappa shape index (κ2) is 5.97. The van der Waals surface area contributed by atoms with Crippen LogP contribution >= 0.6 is 11.3 Å². The van der Waals surface area contributed by atoms with Gasteiger partial charge in [0.25, 0.3) is 0 Å². The summed E-state index contributed by atoms with van der Waals surface area (Å²) in [6.45, 7) is 0. The SMILES string of the molecule is O=C(CC(=O)C(F)(F)F)c1cccs1.[Er]. The molecule has 0 fully saturated rings. The van der Waals surface area contributed by atoms with Gasteiger partial charge in [-0.05, 0) is 11.4 Å². The Morgan fingerprint density at radius 1 is 1.33 bits per heavy atom. The van der Waals surface area contributed by atoms with Crippen molar-refractivity contribution in [2.75, 3.05) is 0 Å². The number of hydrogen-bond acceptors (Lipinski definition) is 3. The first-order chi connectivity index (χ1) is 6.41. The standard InChI is InChI=1S/C8H5F3O2S.Er/c9-8(10,11)7(13)4-5(12)6-2-1-3-14-6;/h1-3H,4H2;. The van der Waals surface area contributed by atoms with E-state index >= 15 is 0 Å². The quantitative estimate of drug-likeness (QED) is 0.588. The number of rotatable bonds is 3. The molecule has 0 radical (unpaired) electrons. The second-order valence-corrected chi connectivity index (χ2v) is 3.45. The van der Waals surface area contributed by atoms with Crippen molar-refractivity contribution in [3.05, 3.63) is 22.4 Å². The van der Waals surface area contributed by atoms with Gasteiger partial charge < -0.3 is 0 Å². The van der Waals surface area contributed by atoms with Crippen LogP contribution in [-0.4, -0.2) is 17.7 Å². The van der Waals surface area contributed by atoms with E-state index in [2.05, 4.69) is 0 Å². The van der Waals surface area contributed by atoms with Crippen molar-refractivity contribution in [3.8, 4) is 0 Å². The van der Waals surface area contributed by atoms with E-state index in [1.165, 1.54) is 12.1 Å². The molecule has 0 bridgehead atoms. The van der Waals surface area contributed by atoms with E-state index in [-0.39, 0.29) is 42.2 Å². The fourth-order valence-electron chi connectivity index (χ4n) is 0.770. The first kappa shape index (κ1) is 15.1. The van der Waals surface area contributed by atoms with E-state index in [1.54, 1.807) is 5.38 Å². The van der Waals surface area contributed by atoms with E-state index in [0.29, 0.717) is 0 Å². The predicted octanol–water partition coefficient (Wildman–Crippen LogP) is 2.45. The Labute approximate surface area is 117 Å². The van der Waals surface area contributed by atoms with Gasteiger partial charge in [0.05, 0.1) is 11.3 Å². The molecule has 15 heavy (non-hydrogen) atoms. The van der Waals surface area contributed by atoms with E-state index in [1.807, 2.05) is 0 Å². The van der Waals surface area contributed by atoms with Gasteiger partial charge in [0.1, 0.15) is 0 Å². The van der Waals surface area contributed by atoms with Crippen LogP contribution in [0.15, 0.2) is 17.5 Å². The second-order valence-electron chi connectivity index (χ2n) is 2.50. The summed E-state index contributed by atoms with van der Waals surface area (Å²) >= 11 is 1.01. The average molecular weight is 389 g/mol. The molecule has 1 aromatic heterocycles. The summed E-state index contributed by atoms with van der Waals surface area (Å²) < 4.78 is 35.3. The summed E-state index contributed by atoms with van der Waals surface area (Å²) in [6.07, 6.45) is -6.03. The summed E-state index contributed by atoms with van der Waals surface area (Å²) in [5.74, 6) is -2.79. The Morgan fingerprint density at radius 3 is 2.33 bits per heavy atom. The van der Waals surface area contributed by atoms with Crippen LogP contribution in [0, 0.1) is 37.3 Å². The van der Waals surface area contributed by atoms with Gasteiger partial charge in [-0.3, -0.25) is 9.59 Å². The first-order valence-electron chi connectivity index (χ1n) is 3.58. The maximum atomic E-state index is 11.8. The van der Waals surface area contributed by atoms with Gasteiger partial charge in [-0.15, -0.1) is 11.3 Å². The molecule has 0 aliphatic rings. The summed E-state index contributed by atoms with van der Waals surface area (Å²) in [5.41, 5.74) is 0. The van der Waals surface area contributed by atoms with E-state index in [4.69, 9.17) is 0 Å². The molecule has 0 saturated heterocycles. The summed E-state index contributed by atoms with van der Waals surface area (Å²) in [4.78, 5) is 21.7. The largest absolute Gasteiger partial charge is 0.450 e. The van der Waals surface area contributed by atoms with E-state index in [9.17, 15) is 22.8 Å². The zero-order valence-corrected chi connectivity index (χ0v) is 9.76. The van der Waals surface area contributed by atoms with Gasteiger partial charge in [0.15, 0.2) is 5.78 Å². The molecule has 0 amide bonds. The molecule has 1 heterocycles. The number of carbonyl (C=O) groups is 2. The van der Waals surface area contributed by atoms with Crippen LogP contribution in [0.25, 0.3) is 0 Å². The smallest absolute Gasteiger partial charge is 0.293 e. The number of ketones is 2. The van der Waals surface area contributed by atoms with Gasteiger partial charge in [-0.2, -0.15) is 13.2 Å². The molecule has 0 aliphatic carbocycles. The number of halogens is 3. The van der Waals surface area contributed by atoms with Crippen LogP contribution in [0.3, 0.4) is 0 Å². The van der Waals surface area contributed by atoms with Crippen molar-refractivity contribution in [3.63, 3.8) is 0 Å². The van der Waals surface area contributed by atoms with E-state index < -0.39 is 24.2 Å². The number of alkyl halides is 3. The monoisotopic (exact) mass is 388 g/mol. The maximum Gasteiger partial charge on any atom is 0.450 e. The molecule has 0 spiro atoms. The van der Waals surface area contributed by atoms with Crippen LogP contribution in [-0.2, 0) is 4.79 Å². The molecule has 2 nitrogen and oxygen atoms in total. The zero-order valence-electron chi connectivity index (χ0n) is 7.09. The zero-order chi connectivity index (χ0) is 10.8. The van der Waals surface area contributed by atoms with Gasteiger partial charge >= 0.3 is 6.18 Å². The molecule has 0 N–H and O–H groups in total. The Bertz CT molecular complexity index is 345. The minimum Gasteiger partial charge on any atom is -0.293 e. The minimum atomic E-state index is -4.92. The third-order valence-electron chi connectivity index (χ3n) is 1.43. The summed E-state index contributed by atoms with van der Waals surface area (Å²) in [6, 6.07) is 2.92. The topological polar surface area (TPSA) is 34.1 Å². The molecule has 0 unspecified atom stereocenters. The van der Waals surface area contributed by atoms with Gasteiger partial charge in [0.2, 0.25) is 5.78 Å². The fraction of sp³-hybridized carbons (Fsp3) is 0.250. The Hall–Kier alpha value is 0.0768. The van der Waals surface area contributed by atoms with Crippen LogP contribution < -0.4 is 0 Å². The number of Topliss-reactive ketones (excluding diaryl/α,β-unsaturated/α-hetero) is 2. The van der Waals surface area contributed by atoms with Crippen molar-refractivity contribution in [2.45, 2.75) is 12.6 Å². The van der Waals surface area contributed by atoms with Crippen molar-refractivity contribution >= 4 is 22.9 Å². The van der Waals surface area contributed by atoms with Crippen LogP contribution in [0.4, 0.5) is 13.2 Å². The molecular weight excluding hydrogens is 384 g/mol. The Kier molecular flexibility index (Phi) is 6.00. The Morgan fingerprint density at radius 2 is 1.93 bits per heavy atom. The van der Waals surface area contributed by atoms with Crippen LogP contribution in [0.2, 0.25) is 0 Å². The molecular formula is C8H5ErF3O2S. The molecule has 7 heteroatoms. The average Bonchev–Trinajstić information content (AvgIpc) is 2.53. The van der Waals surface area contributed by atoms with Crippen LogP contribution in [0.5, 0.6) is 0 Å². The van der Waals surface area contributed by atoms with Crippen LogP contribution in [0.1, 0.15) is 16.1 Å². The number of thiophene rings is 1. The normalized spacial score (nSPS) is 10.6. The maximum absolute atomic E-state index is 11.8. The number of hydrogen-bond donors (Lipinski definition) is 0. The molecule has 0 aromatic carbocycles. The molecule has 1 aromatic rings. The summed E-state index contributed by atoms with van der Waals surface area (Å²) in [5, 5.41) is 1.56. The molecule has 1 rings (SSSR count). The minimum absolute atomic E-state index is 0.